The highest BCUT2D eigenvalue weighted by atomic mass is 35.5. The molecule has 1 fully saturated rings. The Kier molecular flexibility index (Phi) is 5.57. The highest BCUT2D eigenvalue weighted by Gasteiger charge is 2.21. The van der Waals surface area contributed by atoms with Crippen molar-refractivity contribution in [3.8, 4) is 0 Å². The van der Waals surface area contributed by atoms with E-state index in [1.54, 1.807) is 12.1 Å². The van der Waals surface area contributed by atoms with Crippen LogP contribution in [-0.4, -0.2) is 46.3 Å². The SMILES string of the molecule is O=S1(=O)CCN(Cc2ccc(NS(=O)(=O)c3ccc(Cl)cc3)cc2)CC1. The van der Waals surface area contributed by atoms with E-state index in [0.717, 1.165) is 5.56 Å². The quantitative estimate of drug-likeness (QED) is 0.812. The molecular weight excluding hydrogens is 396 g/mol. The minimum absolute atomic E-state index is 0.139. The first-order valence-electron chi connectivity index (χ1n) is 8.04. The summed E-state index contributed by atoms with van der Waals surface area (Å²) in [4.78, 5) is 2.22. The number of nitrogens with one attached hydrogen (secondary N) is 1. The third kappa shape index (κ3) is 4.97. The van der Waals surface area contributed by atoms with E-state index in [1.807, 2.05) is 12.1 Å². The highest BCUT2D eigenvalue weighted by molar-refractivity contribution is 7.92. The van der Waals surface area contributed by atoms with Crippen molar-refractivity contribution in [3.63, 3.8) is 0 Å². The van der Waals surface area contributed by atoms with E-state index in [2.05, 4.69) is 9.62 Å². The van der Waals surface area contributed by atoms with E-state index in [0.29, 0.717) is 30.3 Å². The second kappa shape index (κ2) is 7.56. The zero-order chi connectivity index (χ0) is 18.8. The summed E-state index contributed by atoms with van der Waals surface area (Å²) < 4.78 is 50.2. The number of nitrogens with zero attached hydrogens (tertiary/aromatic N) is 1. The molecule has 1 aliphatic rings. The Bertz CT molecular complexity index is 958. The van der Waals surface area contributed by atoms with Crippen molar-refractivity contribution in [2.75, 3.05) is 29.3 Å². The summed E-state index contributed by atoms with van der Waals surface area (Å²) in [7, 11) is -6.56. The average Bonchev–Trinajstić information content (AvgIpc) is 2.59. The van der Waals surface area contributed by atoms with Crippen LogP contribution in [0.3, 0.4) is 0 Å². The molecule has 1 aliphatic heterocycles. The normalized spacial score (nSPS) is 17.7. The molecule has 0 unspecified atom stereocenters. The smallest absolute Gasteiger partial charge is 0.261 e. The van der Waals surface area contributed by atoms with Gasteiger partial charge in [-0.1, -0.05) is 23.7 Å². The number of hydrogen-bond acceptors (Lipinski definition) is 5. The fraction of sp³-hybridized carbons (Fsp3) is 0.294. The van der Waals surface area contributed by atoms with Crippen molar-refractivity contribution in [2.24, 2.45) is 0 Å². The first-order valence-corrected chi connectivity index (χ1v) is 11.7. The van der Waals surface area contributed by atoms with Gasteiger partial charge < -0.3 is 0 Å². The lowest BCUT2D eigenvalue weighted by molar-refractivity contribution is 0.287. The van der Waals surface area contributed by atoms with Crippen LogP contribution in [-0.2, 0) is 26.4 Å². The molecule has 140 valence electrons. The zero-order valence-electron chi connectivity index (χ0n) is 13.9. The van der Waals surface area contributed by atoms with Gasteiger partial charge in [0.05, 0.1) is 16.4 Å². The van der Waals surface area contributed by atoms with Crippen molar-refractivity contribution in [1.82, 2.24) is 4.90 Å². The number of anilines is 1. The Hall–Kier alpha value is -1.61. The van der Waals surface area contributed by atoms with Crippen molar-refractivity contribution in [3.05, 3.63) is 59.1 Å². The molecule has 0 amide bonds. The lowest BCUT2D eigenvalue weighted by Crippen LogP contribution is -2.39. The van der Waals surface area contributed by atoms with E-state index in [1.165, 1.54) is 24.3 Å². The van der Waals surface area contributed by atoms with Crippen LogP contribution in [0.25, 0.3) is 0 Å². The number of sulfone groups is 1. The number of rotatable bonds is 5. The molecule has 0 bridgehead atoms. The molecular formula is C17H19ClN2O4S2. The summed E-state index contributed by atoms with van der Waals surface area (Å²) in [5.41, 5.74) is 1.46. The Morgan fingerprint density at radius 1 is 0.962 bits per heavy atom. The summed E-state index contributed by atoms with van der Waals surface area (Å²) >= 11 is 5.78. The summed E-state index contributed by atoms with van der Waals surface area (Å²) in [6.07, 6.45) is 0. The Balaban J connectivity index is 1.63. The molecule has 3 rings (SSSR count). The highest BCUT2D eigenvalue weighted by Crippen LogP contribution is 2.19. The van der Waals surface area contributed by atoms with Crippen LogP contribution in [0.4, 0.5) is 5.69 Å². The topological polar surface area (TPSA) is 83.6 Å². The van der Waals surface area contributed by atoms with Gasteiger partial charge in [0.25, 0.3) is 10.0 Å². The molecule has 26 heavy (non-hydrogen) atoms. The molecule has 0 aromatic heterocycles. The predicted octanol–water partition coefficient (Wildman–Crippen LogP) is 2.37. The molecule has 0 saturated carbocycles. The summed E-state index contributed by atoms with van der Waals surface area (Å²) in [5, 5.41) is 0.471. The lowest BCUT2D eigenvalue weighted by Gasteiger charge is -2.26. The van der Waals surface area contributed by atoms with Crippen LogP contribution in [0, 0.1) is 0 Å². The van der Waals surface area contributed by atoms with Gasteiger partial charge in [-0.15, -0.1) is 0 Å². The van der Waals surface area contributed by atoms with Crippen molar-refractivity contribution in [1.29, 1.82) is 0 Å². The van der Waals surface area contributed by atoms with Gasteiger partial charge in [0.15, 0.2) is 9.84 Å². The molecule has 9 heteroatoms. The molecule has 0 atom stereocenters. The third-order valence-electron chi connectivity index (χ3n) is 4.17. The minimum atomic E-state index is -3.67. The van der Waals surface area contributed by atoms with Crippen molar-refractivity contribution in [2.45, 2.75) is 11.4 Å². The van der Waals surface area contributed by atoms with Crippen LogP contribution in [0.2, 0.25) is 5.02 Å². The Morgan fingerprint density at radius 2 is 1.54 bits per heavy atom. The van der Waals surface area contributed by atoms with E-state index >= 15 is 0 Å². The number of hydrogen-bond donors (Lipinski definition) is 1. The van der Waals surface area contributed by atoms with Gasteiger partial charge in [0.2, 0.25) is 0 Å². The summed E-state index contributed by atoms with van der Waals surface area (Å²) in [6.45, 7) is 1.68. The molecule has 0 aliphatic carbocycles. The van der Waals surface area contributed by atoms with E-state index < -0.39 is 19.9 Å². The largest absolute Gasteiger partial charge is 0.297 e. The molecule has 1 saturated heterocycles. The first kappa shape index (κ1) is 19.2. The Morgan fingerprint density at radius 3 is 2.12 bits per heavy atom. The number of halogens is 1. The molecule has 0 spiro atoms. The lowest BCUT2D eigenvalue weighted by atomic mass is 10.2. The van der Waals surface area contributed by atoms with Gasteiger partial charge in [0, 0.05) is 30.3 Å². The van der Waals surface area contributed by atoms with Gasteiger partial charge in [-0.2, -0.15) is 0 Å². The fourth-order valence-corrected chi connectivity index (χ4v) is 5.13. The molecule has 0 radical (unpaired) electrons. The molecule has 6 nitrogen and oxygen atoms in total. The van der Waals surface area contributed by atoms with Crippen LogP contribution < -0.4 is 4.72 Å². The number of benzene rings is 2. The van der Waals surface area contributed by atoms with E-state index in [9.17, 15) is 16.8 Å². The third-order valence-corrected chi connectivity index (χ3v) is 7.43. The molecule has 2 aromatic rings. The maximum Gasteiger partial charge on any atom is 0.261 e. The van der Waals surface area contributed by atoms with Crippen LogP contribution in [0.5, 0.6) is 0 Å². The van der Waals surface area contributed by atoms with Gasteiger partial charge >= 0.3 is 0 Å². The monoisotopic (exact) mass is 414 g/mol. The maximum absolute atomic E-state index is 12.4. The predicted molar refractivity (Wildman–Crippen MR) is 103 cm³/mol. The van der Waals surface area contributed by atoms with Crippen molar-refractivity contribution < 1.29 is 16.8 Å². The summed E-state index contributed by atoms with van der Waals surface area (Å²) in [6, 6.07) is 13.0. The van der Waals surface area contributed by atoms with Crippen LogP contribution in [0.15, 0.2) is 53.4 Å². The van der Waals surface area contributed by atoms with Gasteiger partial charge in [-0.05, 0) is 42.0 Å². The molecule has 1 heterocycles. The average molecular weight is 415 g/mol. The summed E-state index contributed by atoms with van der Waals surface area (Å²) in [5.74, 6) is 0.373. The van der Waals surface area contributed by atoms with Gasteiger partial charge in [-0.25, -0.2) is 16.8 Å². The molecule has 1 N–H and O–H groups in total. The second-order valence-corrected chi connectivity index (χ2v) is 10.6. The minimum Gasteiger partial charge on any atom is -0.297 e. The van der Waals surface area contributed by atoms with E-state index in [-0.39, 0.29) is 16.4 Å². The van der Waals surface area contributed by atoms with Crippen LogP contribution in [0.1, 0.15) is 5.56 Å². The number of sulfonamides is 1. The fourth-order valence-electron chi connectivity index (χ4n) is 2.67. The molecule has 2 aromatic carbocycles. The second-order valence-electron chi connectivity index (χ2n) is 6.18. The first-order chi connectivity index (χ1) is 12.2. The Labute approximate surface area is 158 Å². The van der Waals surface area contributed by atoms with Gasteiger partial charge in [0.1, 0.15) is 0 Å². The standard InChI is InChI=1S/C17H19ClN2O4S2/c18-15-3-7-17(8-4-15)26(23,24)19-16-5-1-14(2-6-16)13-20-9-11-25(21,22)12-10-20/h1-8,19H,9-13H2. The maximum atomic E-state index is 12.4. The zero-order valence-corrected chi connectivity index (χ0v) is 16.3. The van der Waals surface area contributed by atoms with Gasteiger partial charge in [-0.3, -0.25) is 9.62 Å². The van der Waals surface area contributed by atoms with Crippen molar-refractivity contribution >= 4 is 37.1 Å². The van der Waals surface area contributed by atoms with E-state index in [4.69, 9.17) is 11.6 Å². The van der Waals surface area contributed by atoms with Crippen LogP contribution >= 0.6 is 11.6 Å².